The normalized spacial score (nSPS) is 14.0. The van der Waals surface area contributed by atoms with E-state index in [-0.39, 0.29) is 22.9 Å². The van der Waals surface area contributed by atoms with E-state index in [9.17, 15) is 19.3 Å². The quantitative estimate of drug-likeness (QED) is 0.410. The molecule has 148 valence electrons. The van der Waals surface area contributed by atoms with Gasteiger partial charge >= 0.3 is 11.7 Å². The summed E-state index contributed by atoms with van der Waals surface area (Å²) in [5.74, 6) is -0.772. The first-order valence-electron chi connectivity index (χ1n) is 8.91. The number of hydrogen-bond donors (Lipinski definition) is 1. The number of ether oxygens (including phenoxy) is 1. The van der Waals surface area contributed by atoms with Crippen LogP contribution in [0.3, 0.4) is 0 Å². The van der Waals surface area contributed by atoms with Crippen LogP contribution in [0.15, 0.2) is 42.7 Å². The zero-order valence-corrected chi connectivity index (χ0v) is 15.5. The van der Waals surface area contributed by atoms with Crippen LogP contribution in [0, 0.1) is 15.9 Å². The molecule has 0 saturated carbocycles. The summed E-state index contributed by atoms with van der Waals surface area (Å²) in [6, 6.07) is 5.79. The van der Waals surface area contributed by atoms with Crippen LogP contribution in [0.25, 0.3) is 16.5 Å². The number of halogens is 1. The Morgan fingerprint density at radius 3 is 2.90 bits per heavy atom. The van der Waals surface area contributed by atoms with Crippen molar-refractivity contribution in [2.75, 3.05) is 25.1 Å². The summed E-state index contributed by atoms with van der Waals surface area (Å²) in [5, 5.41) is 12.4. The third kappa shape index (κ3) is 3.42. The standard InChI is InChI=1S/C20H17FN4O4/c1-29-20(26)13-8-18(25(27)28)19(23-10-13)24-6-4-12(5-7-24)16-11-22-17-9-14(21)2-3-15(16)17/h2-4,8-11,22H,5-7H2,1H3. The molecule has 1 N–H and O–H groups in total. The highest BCUT2D eigenvalue weighted by Gasteiger charge is 2.26. The largest absolute Gasteiger partial charge is 0.465 e. The van der Waals surface area contributed by atoms with Crippen molar-refractivity contribution in [1.29, 1.82) is 0 Å². The van der Waals surface area contributed by atoms with Crippen LogP contribution < -0.4 is 4.90 Å². The molecule has 0 aliphatic carbocycles. The maximum absolute atomic E-state index is 13.4. The van der Waals surface area contributed by atoms with Crippen molar-refractivity contribution in [2.24, 2.45) is 0 Å². The number of benzene rings is 1. The molecular weight excluding hydrogens is 379 g/mol. The minimum Gasteiger partial charge on any atom is -0.465 e. The molecule has 29 heavy (non-hydrogen) atoms. The van der Waals surface area contributed by atoms with Gasteiger partial charge < -0.3 is 14.6 Å². The molecule has 4 rings (SSSR count). The number of carbonyl (C=O) groups is 1. The highest BCUT2D eigenvalue weighted by atomic mass is 19.1. The van der Waals surface area contributed by atoms with Gasteiger partial charge in [0.1, 0.15) is 5.82 Å². The van der Waals surface area contributed by atoms with Gasteiger partial charge in [-0.05, 0) is 30.2 Å². The Morgan fingerprint density at radius 1 is 1.38 bits per heavy atom. The molecule has 3 heterocycles. The van der Waals surface area contributed by atoms with Gasteiger partial charge in [-0.2, -0.15) is 0 Å². The van der Waals surface area contributed by atoms with Gasteiger partial charge in [-0.25, -0.2) is 14.2 Å². The molecule has 0 unspecified atom stereocenters. The number of fused-ring (bicyclic) bond motifs is 1. The molecular formula is C20H17FN4O4. The number of anilines is 1. The number of nitrogens with one attached hydrogen (secondary N) is 1. The summed E-state index contributed by atoms with van der Waals surface area (Å²) in [7, 11) is 1.21. The molecule has 3 aromatic rings. The third-order valence-electron chi connectivity index (χ3n) is 4.96. The van der Waals surface area contributed by atoms with Gasteiger partial charge in [-0.15, -0.1) is 0 Å². The SMILES string of the molecule is COC(=O)c1cnc(N2CC=C(c3c[nH]c4cc(F)ccc34)CC2)c([N+](=O)[O-])c1. The molecule has 9 heteroatoms. The third-order valence-corrected chi connectivity index (χ3v) is 4.96. The number of hydrogen-bond acceptors (Lipinski definition) is 6. The fraction of sp³-hybridized carbons (Fsp3) is 0.200. The molecule has 1 aliphatic rings. The zero-order chi connectivity index (χ0) is 20.5. The van der Waals surface area contributed by atoms with E-state index in [1.807, 2.05) is 12.3 Å². The molecule has 0 radical (unpaired) electrons. The number of H-pyrrole nitrogens is 1. The van der Waals surface area contributed by atoms with Crippen molar-refractivity contribution in [3.05, 3.63) is 69.8 Å². The van der Waals surface area contributed by atoms with Gasteiger partial charge in [-0.3, -0.25) is 10.1 Å². The first-order valence-corrected chi connectivity index (χ1v) is 8.91. The van der Waals surface area contributed by atoms with Gasteiger partial charge in [-0.1, -0.05) is 6.08 Å². The maximum Gasteiger partial charge on any atom is 0.339 e. The van der Waals surface area contributed by atoms with Gasteiger partial charge in [0, 0.05) is 48.0 Å². The highest BCUT2D eigenvalue weighted by molar-refractivity contribution is 5.93. The van der Waals surface area contributed by atoms with Gasteiger partial charge in [0.2, 0.25) is 5.82 Å². The van der Waals surface area contributed by atoms with Crippen LogP contribution in [-0.4, -0.2) is 41.1 Å². The number of esters is 1. The molecule has 8 nitrogen and oxygen atoms in total. The van der Waals surface area contributed by atoms with Crippen molar-refractivity contribution in [1.82, 2.24) is 9.97 Å². The topological polar surface area (TPSA) is 101 Å². The van der Waals surface area contributed by atoms with Crippen molar-refractivity contribution in [2.45, 2.75) is 6.42 Å². The van der Waals surface area contributed by atoms with E-state index in [1.54, 1.807) is 11.0 Å². The highest BCUT2D eigenvalue weighted by Crippen LogP contribution is 2.33. The number of aromatic amines is 1. The van der Waals surface area contributed by atoms with E-state index in [4.69, 9.17) is 0 Å². The minimum absolute atomic E-state index is 0.0298. The Hall–Kier alpha value is -3.75. The van der Waals surface area contributed by atoms with Crippen LogP contribution in [0.4, 0.5) is 15.9 Å². The summed E-state index contributed by atoms with van der Waals surface area (Å²) < 4.78 is 18.0. The van der Waals surface area contributed by atoms with E-state index in [0.29, 0.717) is 19.5 Å². The van der Waals surface area contributed by atoms with Crippen molar-refractivity contribution < 1.29 is 18.8 Å². The number of pyridine rings is 1. The number of nitro groups is 1. The van der Waals surface area contributed by atoms with Gasteiger partial charge in [0.25, 0.3) is 0 Å². The number of methoxy groups -OCH3 is 1. The molecule has 2 aromatic heterocycles. The van der Waals surface area contributed by atoms with E-state index in [0.717, 1.165) is 22.0 Å². The average molecular weight is 396 g/mol. The smallest absolute Gasteiger partial charge is 0.339 e. The summed E-state index contributed by atoms with van der Waals surface area (Å²) in [4.78, 5) is 31.6. The van der Waals surface area contributed by atoms with E-state index in [1.165, 1.54) is 31.5 Å². The van der Waals surface area contributed by atoms with Crippen LogP contribution in [0.5, 0.6) is 0 Å². The van der Waals surface area contributed by atoms with Crippen LogP contribution >= 0.6 is 0 Å². The Labute approximate surface area is 164 Å². The zero-order valence-electron chi connectivity index (χ0n) is 15.5. The summed E-state index contributed by atoms with van der Waals surface area (Å²) in [5.41, 5.74) is 2.57. The fourth-order valence-electron chi connectivity index (χ4n) is 3.52. The van der Waals surface area contributed by atoms with Crippen molar-refractivity contribution in [3.63, 3.8) is 0 Å². The molecule has 0 fully saturated rings. The molecule has 0 bridgehead atoms. The summed E-state index contributed by atoms with van der Waals surface area (Å²) >= 11 is 0. The second-order valence-corrected chi connectivity index (χ2v) is 6.63. The van der Waals surface area contributed by atoms with Crippen molar-refractivity contribution >= 4 is 34.0 Å². The number of rotatable bonds is 4. The van der Waals surface area contributed by atoms with E-state index in [2.05, 4.69) is 14.7 Å². The number of aromatic nitrogens is 2. The monoisotopic (exact) mass is 396 g/mol. The average Bonchev–Trinajstić information content (AvgIpc) is 3.15. The van der Waals surface area contributed by atoms with Crippen LogP contribution in [-0.2, 0) is 4.74 Å². The van der Waals surface area contributed by atoms with E-state index >= 15 is 0 Å². The molecule has 0 saturated heterocycles. The lowest BCUT2D eigenvalue weighted by atomic mass is 9.99. The lowest BCUT2D eigenvalue weighted by molar-refractivity contribution is -0.384. The molecule has 1 aliphatic heterocycles. The number of carbonyl (C=O) groups excluding carboxylic acids is 1. The van der Waals surface area contributed by atoms with Crippen LogP contribution in [0.1, 0.15) is 22.3 Å². The fourth-order valence-corrected chi connectivity index (χ4v) is 3.52. The number of nitrogens with zero attached hydrogens (tertiary/aromatic N) is 3. The lowest BCUT2D eigenvalue weighted by Gasteiger charge is -2.27. The second-order valence-electron chi connectivity index (χ2n) is 6.63. The van der Waals surface area contributed by atoms with Crippen LogP contribution in [0.2, 0.25) is 0 Å². The lowest BCUT2D eigenvalue weighted by Crippen LogP contribution is -2.29. The predicted molar refractivity (Wildman–Crippen MR) is 105 cm³/mol. The Morgan fingerprint density at radius 2 is 2.21 bits per heavy atom. The maximum atomic E-state index is 13.4. The molecule has 1 aromatic carbocycles. The molecule has 0 amide bonds. The first-order chi connectivity index (χ1) is 14.0. The Bertz CT molecular complexity index is 1150. The Kier molecular flexibility index (Phi) is 4.71. The Balaban J connectivity index is 1.62. The van der Waals surface area contributed by atoms with E-state index < -0.39 is 10.9 Å². The summed E-state index contributed by atoms with van der Waals surface area (Å²) in [6.45, 7) is 0.944. The van der Waals surface area contributed by atoms with Gasteiger partial charge in [0.05, 0.1) is 17.6 Å². The summed E-state index contributed by atoms with van der Waals surface area (Å²) in [6.07, 6.45) is 5.75. The molecule has 0 atom stereocenters. The predicted octanol–water partition coefficient (Wildman–Crippen LogP) is 3.69. The van der Waals surface area contributed by atoms with Crippen molar-refractivity contribution in [3.8, 4) is 0 Å². The minimum atomic E-state index is -0.677. The second kappa shape index (κ2) is 7.34. The molecule has 0 spiro atoms. The van der Waals surface area contributed by atoms with Gasteiger partial charge in [0.15, 0.2) is 0 Å². The first kappa shape index (κ1) is 18.6.